The van der Waals surface area contributed by atoms with E-state index < -0.39 is 5.60 Å². The first-order valence-corrected chi connectivity index (χ1v) is 12.1. The van der Waals surface area contributed by atoms with Crippen LogP contribution in [0.4, 0.5) is 0 Å². The highest BCUT2D eigenvalue weighted by Gasteiger charge is 2.37. The molecule has 0 radical (unpaired) electrons. The Kier molecular flexibility index (Phi) is 8.58. The Morgan fingerprint density at radius 1 is 0.765 bits per heavy atom. The van der Waals surface area contributed by atoms with Gasteiger partial charge in [-0.3, -0.25) is 0 Å². The summed E-state index contributed by atoms with van der Waals surface area (Å²) in [6.07, 6.45) is 3.25. The van der Waals surface area contributed by atoms with E-state index in [0.717, 1.165) is 47.8 Å². The summed E-state index contributed by atoms with van der Waals surface area (Å²) >= 11 is 0. The van der Waals surface area contributed by atoms with Gasteiger partial charge in [-0.2, -0.15) is 0 Å². The van der Waals surface area contributed by atoms with E-state index in [2.05, 4.69) is 53.8 Å². The van der Waals surface area contributed by atoms with Crippen LogP contribution in [0.25, 0.3) is 0 Å². The summed E-state index contributed by atoms with van der Waals surface area (Å²) in [7, 11) is 3.36. The van der Waals surface area contributed by atoms with Gasteiger partial charge in [0, 0.05) is 12.6 Å². The van der Waals surface area contributed by atoms with E-state index in [0.29, 0.717) is 19.3 Å². The van der Waals surface area contributed by atoms with Crippen LogP contribution in [0, 0.1) is 0 Å². The Bertz CT molecular complexity index is 935. The number of nitrogens with one attached hydrogen (secondary N) is 1. The Labute approximate surface area is 203 Å². The van der Waals surface area contributed by atoms with Gasteiger partial charge in [-0.1, -0.05) is 54.6 Å². The van der Waals surface area contributed by atoms with Crippen LogP contribution in [0.5, 0.6) is 11.5 Å². The zero-order valence-corrected chi connectivity index (χ0v) is 20.2. The molecular formula is C29H35NO4. The summed E-state index contributed by atoms with van der Waals surface area (Å²) in [5.74, 6) is 1.63. The molecule has 1 aliphatic heterocycles. The van der Waals surface area contributed by atoms with Gasteiger partial charge >= 0.3 is 0 Å². The molecule has 180 valence electrons. The minimum absolute atomic E-state index is 0.489. The van der Waals surface area contributed by atoms with Gasteiger partial charge in [0.05, 0.1) is 27.4 Å². The van der Waals surface area contributed by atoms with E-state index >= 15 is 0 Å². The zero-order chi connectivity index (χ0) is 23.6. The molecule has 0 saturated carbocycles. The molecular weight excluding hydrogens is 426 g/mol. The number of rotatable bonds is 12. The van der Waals surface area contributed by atoms with E-state index in [1.165, 1.54) is 12.8 Å². The Balaban J connectivity index is 1.61. The fourth-order valence-electron chi connectivity index (χ4n) is 4.59. The highest BCUT2D eigenvalue weighted by Crippen LogP contribution is 2.41. The molecule has 1 fully saturated rings. The average Bonchev–Trinajstić information content (AvgIpc) is 3.43. The summed E-state index contributed by atoms with van der Waals surface area (Å²) in [5, 5.41) is 3.48. The van der Waals surface area contributed by atoms with Gasteiger partial charge in [0.2, 0.25) is 0 Å². The second-order valence-corrected chi connectivity index (χ2v) is 8.57. The van der Waals surface area contributed by atoms with Crippen LogP contribution in [0.2, 0.25) is 0 Å². The molecule has 34 heavy (non-hydrogen) atoms. The lowest BCUT2D eigenvalue weighted by atomic mass is 9.80. The van der Waals surface area contributed by atoms with Crippen LogP contribution in [0.15, 0.2) is 78.9 Å². The van der Waals surface area contributed by atoms with Crippen molar-refractivity contribution in [3.05, 3.63) is 95.6 Å². The number of hydrogen-bond donors (Lipinski definition) is 1. The topological polar surface area (TPSA) is 49.0 Å². The zero-order valence-electron chi connectivity index (χ0n) is 20.2. The molecule has 0 unspecified atom stereocenters. The van der Waals surface area contributed by atoms with Gasteiger partial charge < -0.3 is 24.3 Å². The van der Waals surface area contributed by atoms with Crippen LogP contribution in [-0.4, -0.2) is 46.6 Å². The molecule has 1 aliphatic rings. The molecule has 0 spiro atoms. The quantitative estimate of drug-likeness (QED) is 0.298. The number of benzene rings is 3. The predicted molar refractivity (Wildman–Crippen MR) is 135 cm³/mol. The van der Waals surface area contributed by atoms with Crippen molar-refractivity contribution in [2.24, 2.45) is 0 Å². The standard InChI is InChI=1S/C29H35NO4/c1-31-27-15-11-24(12-16-27)29(23-8-4-3-5-9-23,25-13-17-28(32-2)18-14-25)34-21-7-20-33-22-26-10-6-19-30-26/h3-5,8-9,11-18,26,30H,6-7,10,19-22H2,1-2H3/t26-/m0/s1. The van der Waals surface area contributed by atoms with E-state index in [9.17, 15) is 0 Å². The average molecular weight is 462 g/mol. The van der Waals surface area contributed by atoms with Crippen molar-refractivity contribution in [3.63, 3.8) is 0 Å². The minimum Gasteiger partial charge on any atom is -0.497 e. The predicted octanol–water partition coefficient (Wildman–Crippen LogP) is 5.17. The highest BCUT2D eigenvalue weighted by molar-refractivity contribution is 5.49. The van der Waals surface area contributed by atoms with Crippen molar-refractivity contribution in [1.29, 1.82) is 0 Å². The fraction of sp³-hybridized carbons (Fsp3) is 0.379. The highest BCUT2D eigenvalue weighted by atomic mass is 16.5. The van der Waals surface area contributed by atoms with Gasteiger partial charge in [0.1, 0.15) is 17.1 Å². The summed E-state index contributed by atoms with van der Waals surface area (Å²) in [6, 6.07) is 27.1. The van der Waals surface area contributed by atoms with E-state index in [1.807, 2.05) is 30.3 Å². The molecule has 3 aromatic rings. The molecule has 1 saturated heterocycles. The summed E-state index contributed by atoms with van der Waals surface area (Å²) in [6.45, 7) is 3.10. The van der Waals surface area contributed by atoms with Gasteiger partial charge in [-0.25, -0.2) is 0 Å². The van der Waals surface area contributed by atoms with Crippen molar-refractivity contribution in [3.8, 4) is 11.5 Å². The first-order valence-electron chi connectivity index (χ1n) is 12.1. The summed E-state index contributed by atoms with van der Waals surface area (Å²) < 4.78 is 23.6. The van der Waals surface area contributed by atoms with Crippen LogP contribution in [0.1, 0.15) is 36.0 Å². The molecule has 4 rings (SSSR count). The van der Waals surface area contributed by atoms with Crippen LogP contribution >= 0.6 is 0 Å². The second-order valence-electron chi connectivity index (χ2n) is 8.57. The van der Waals surface area contributed by atoms with E-state index in [1.54, 1.807) is 14.2 Å². The summed E-state index contributed by atoms with van der Waals surface area (Å²) in [5.41, 5.74) is 2.38. The third-order valence-electron chi connectivity index (χ3n) is 6.41. The fourth-order valence-corrected chi connectivity index (χ4v) is 4.59. The van der Waals surface area contributed by atoms with Crippen molar-refractivity contribution >= 4 is 0 Å². The molecule has 5 heteroatoms. The second kappa shape index (κ2) is 12.0. The molecule has 5 nitrogen and oxygen atoms in total. The van der Waals surface area contributed by atoms with E-state index in [4.69, 9.17) is 18.9 Å². The minimum atomic E-state index is -0.771. The van der Waals surface area contributed by atoms with Gasteiger partial charge in [0.25, 0.3) is 0 Å². The van der Waals surface area contributed by atoms with Crippen LogP contribution < -0.4 is 14.8 Å². The van der Waals surface area contributed by atoms with Crippen molar-refractivity contribution < 1.29 is 18.9 Å². The molecule has 0 bridgehead atoms. The lowest BCUT2D eigenvalue weighted by Crippen LogP contribution is -2.33. The number of methoxy groups -OCH3 is 2. The van der Waals surface area contributed by atoms with Crippen LogP contribution in [0.3, 0.4) is 0 Å². The first kappa shape index (κ1) is 24.3. The van der Waals surface area contributed by atoms with Gasteiger partial charge in [0.15, 0.2) is 0 Å². The molecule has 0 amide bonds. The summed E-state index contributed by atoms with van der Waals surface area (Å²) in [4.78, 5) is 0. The normalized spacial score (nSPS) is 15.9. The largest absolute Gasteiger partial charge is 0.497 e. The smallest absolute Gasteiger partial charge is 0.143 e. The molecule has 1 N–H and O–H groups in total. The Hall–Kier alpha value is -2.86. The Morgan fingerprint density at radius 3 is 1.88 bits per heavy atom. The van der Waals surface area contributed by atoms with Crippen molar-refractivity contribution in [1.82, 2.24) is 5.32 Å². The molecule has 3 aromatic carbocycles. The van der Waals surface area contributed by atoms with Gasteiger partial charge in [-0.15, -0.1) is 0 Å². The molecule has 0 aliphatic carbocycles. The van der Waals surface area contributed by atoms with Crippen molar-refractivity contribution in [2.75, 3.05) is 40.6 Å². The van der Waals surface area contributed by atoms with Gasteiger partial charge in [-0.05, 0) is 66.8 Å². The van der Waals surface area contributed by atoms with Crippen molar-refractivity contribution in [2.45, 2.75) is 30.9 Å². The molecule has 1 heterocycles. The number of ether oxygens (including phenoxy) is 4. The molecule has 1 atom stereocenters. The van der Waals surface area contributed by atoms with Crippen LogP contribution in [-0.2, 0) is 15.1 Å². The Morgan fingerprint density at radius 2 is 1.35 bits per heavy atom. The number of hydrogen-bond acceptors (Lipinski definition) is 5. The maximum Gasteiger partial charge on any atom is 0.143 e. The first-order chi connectivity index (χ1) is 16.8. The van der Waals surface area contributed by atoms with E-state index in [-0.39, 0.29) is 0 Å². The maximum atomic E-state index is 6.83. The monoisotopic (exact) mass is 461 g/mol. The third-order valence-corrected chi connectivity index (χ3v) is 6.41. The lowest BCUT2D eigenvalue weighted by Gasteiger charge is -2.36. The lowest BCUT2D eigenvalue weighted by molar-refractivity contribution is -0.00173. The third kappa shape index (κ3) is 5.61. The SMILES string of the molecule is COc1ccc(C(OCCCOC[C@@H]2CCCN2)(c2ccccc2)c2ccc(OC)cc2)cc1. The molecule has 0 aromatic heterocycles. The maximum absolute atomic E-state index is 6.83.